The molecule has 0 saturated carbocycles. The van der Waals surface area contributed by atoms with Crippen molar-refractivity contribution in [1.82, 2.24) is 15.5 Å². The lowest BCUT2D eigenvalue weighted by Crippen LogP contribution is -2.56. The number of nitrogens with zero attached hydrogens (tertiary/aromatic N) is 1. The Kier molecular flexibility index (Phi) is 4.17. The first-order chi connectivity index (χ1) is 11.0. The molecule has 6 nitrogen and oxygen atoms in total. The fourth-order valence-electron chi connectivity index (χ4n) is 2.96. The minimum Gasteiger partial charge on any atom is -0.493 e. The first-order valence-corrected chi connectivity index (χ1v) is 7.96. The number of rotatable bonds is 4. The molecule has 0 fully saturated rings. The fraction of sp³-hybridized carbons (Fsp3) is 0.471. The Morgan fingerprint density at radius 3 is 2.87 bits per heavy atom. The van der Waals surface area contributed by atoms with Gasteiger partial charge in [-0.05, 0) is 38.0 Å². The Balaban J connectivity index is 1.72. The smallest absolute Gasteiger partial charge is 0.253 e. The number of hydrogen-bond donors (Lipinski definition) is 3. The van der Waals surface area contributed by atoms with Crippen LogP contribution in [0.5, 0.6) is 5.75 Å². The molecule has 6 heteroatoms. The van der Waals surface area contributed by atoms with Gasteiger partial charge in [0, 0.05) is 18.5 Å². The van der Waals surface area contributed by atoms with Gasteiger partial charge in [-0.2, -0.15) is 0 Å². The molecule has 0 aliphatic carbocycles. The number of benzene rings is 1. The van der Waals surface area contributed by atoms with E-state index in [-0.39, 0.29) is 18.0 Å². The molecule has 1 aromatic carbocycles. The van der Waals surface area contributed by atoms with Crippen molar-refractivity contribution in [3.8, 4) is 5.75 Å². The number of amides is 1. The van der Waals surface area contributed by atoms with Crippen LogP contribution in [0, 0.1) is 0 Å². The van der Waals surface area contributed by atoms with Gasteiger partial charge in [0.25, 0.3) is 5.91 Å². The molecular weight excluding hydrogens is 294 g/mol. The Hall–Kier alpha value is -2.21. The molecule has 1 aromatic rings. The van der Waals surface area contributed by atoms with Gasteiger partial charge >= 0.3 is 0 Å². The second-order valence-corrected chi connectivity index (χ2v) is 6.25. The number of aliphatic hydroxyl groups excluding tert-OH is 1. The molecule has 0 bridgehead atoms. The van der Waals surface area contributed by atoms with Crippen LogP contribution < -0.4 is 15.4 Å². The first-order valence-electron chi connectivity index (χ1n) is 7.96. The number of ether oxygens (including phenoxy) is 1. The van der Waals surface area contributed by atoms with Gasteiger partial charge in [0.1, 0.15) is 11.6 Å². The van der Waals surface area contributed by atoms with Crippen LogP contribution in [0.3, 0.4) is 0 Å². The molecule has 124 valence electrons. The Labute approximate surface area is 136 Å². The summed E-state index contributed by atoms with van der Waals surface area (Å²) in [5.74, 6) is 1.25. The van der Waals surface area contributed by atoms with Gasteiger partial charge < -0.3 is 20.5 Å². The van der Waals surface area contributed by atoms with Crippen LogP contribution in [0.4, 0.5) is 0 Å². The van der Waals surface area contributed by atoms with E-state index in [0.29, 0.717) is 5.82 Å². The SMILES string of the molecule is CC(C)N1C(=O)C=C(N[C@@H](C)c2ccc3c(c2)OCC3)NC1O. The van der Waals surface area contributed by atoms with E-state index in [4.69, 9.17) is 4.74 Å². The van der Waals surface area contributed by atoms with E-state index in [0.717, 1.165) is 24.3 Å². The summed E-state index contributed by atoms with van der Waals surface area (Å²) in [5.41, 5.74) is 2.30. The highest BCUT2D eigenvalue weighted by Gasteiger charge is 2.28. The predicted octanol–water partition coefficient (Wildman–Crippen LogP) is 1.23. The minimum absolute atomic E-state index is 0.0196. The quantitative estimate of drug-likeness (QED) is 0.779. The molecular formula is C17H23N3O3. The van der Waals surface area contributed by atoms with Gasteiger partial charge in [-0.15, -0.1) is 0 Å². The standard InChI is InChI=1S/C17H23N3O3/c1-10(2)20-16(21)9-15(19-17(20)22)18-11(3)13-5-4-12-6-7-23-14(12)8-13/h4-5,8-11,17-19,22H,6-7H2,1-3H3/t11-,17?/m0/s1. The van der Waals surface area contributed by atoms with E-state index in [2.05, 4.69) is 22.8 Å². The number of aliphatic hydroxyl groups is 1. The molecule has 0 aromatic heterocycles. The lowest BCUT2D eigenvalue weighted by Gasteiger charge is -2.36. The summed E-state index contributed by atoms with van der Waals surface area (Å²) in [4.78, 5) is 13.5. The Morgan fingerprint density at radius 2 is 2.17 bits per heavy atom. The van der Waals surface area contributed by atoms with Crippen molar-refractivity contribution >= 4 is 5.91 Å². The molecule has 1 unspecified atom stereocenters. The van der Waals surface area contributed by atoms with Crippen LogP contribution in [-0.4, -0.2) is 34.9 Å². The van der Waals surface area contributed by atoms with E-state index in [1.165, 1.54) is 16.5 Å². The zero-order valence-corrected chi connectivity index (χ0v) is 13.7. The maximum absolute atomic E-state index is 12.1. The van der Waals surface area contributed by atoms with Gasteiger partial charge in [-0.1, -0.05) is 12.1 Å². The predicted molar refractivity (Wildman–Crippen MR) is 86.4 cm³/mol. The number of carbonyl (C=O) groups is 1. The van der Waals surface area contributed by atoms with E-state index in [9.17, 15) is 9.90 Å². The molecule has 1 amide bonds. The van der Waals surface area contributed by atoms with Gasteiger partial charge in [-0.3, -0.25) is 9.69 Å². The first kappa shape index (κ1) is 15.7. The van der Waals surface area contributed by atoms with Crippen molar-refractivity contribution in [3.63, 3.8) is 0 Å². The summed E-state index contributed by atoms with van der Waals surface area (Å²) < 4.78 is 5.59. The van der Waals surface area contributed by atoms with Crippen molar-refractivity contribution < 1.29 is 14.6 Å². The zero-order valence-electron chi connectivity index (χ0n) is 13.7. The van der Waals surface area contributed by atoms with E-state index in [1.54, 1.807) is 0 Å². The minimum atomic E-state index is -1.02. The van der Waals surface area contributed by atoms with E-state index >= 15 is 0 Å². The number of nitrogens with one attached hydrogen (secondary N) is 2. The monoisotopic (exact) mass is 317 g/mol. The lowest BCUT2D eigenvalue weighted by molar-refractivity contribution is -0.143. The molecule has 3 N–H and O–H groups in total. The van der Waals surface area contributed by atoms with Crippen LogP contribution in [-0.2, 0) is 11.2 Å². The fourth-order valence-corrected chi connectivity index (χ4v) is 2.96. The summed E-state index contributed by atoms with van der Waals surface area (Å²) in [6.45, 7) is 6.47. The topological polar surface area (TPSA) is 73.8 Å². The zero-order chi connectivity index (χ0) is 16.6. The average Bonchev–Trinajstić information content (AvgIpc) is 2.93. The van der Waals surface area contributed by atoms with Gasteiger partial charge in [0.2, 0.25) is 6.35 Å². The summed E-state index contributed by atoms with van der Waals surface area (Å²) in [7, 11) is 0. The second kappa shape index (κ2) is 6.12. The molecule has 2 aliphatic rings. The third kappa shape index (κ3) is 3.12. The number of carbonyl (C=O) groups excluding carboxylic acids is 1. The van der Waals surface area contributed by atoms with Crippen LogP contribution >= 0.6 is 0 Å². The highest BCUT2D eigenvalue weighted by atomic mass is 16.5. The highest BCUT2D eigenvalue weighted by molar-refractivity contribution is 5.89. The number of fused-ring (bicyclic) bond motifs is 1. The van der Waals surface area contributed by atoms with Gasteiger partial charge in [-0.25, -0.2) is 0 Å². The summed E-state index contributed by atoms with van der Waals surface area (Å²) in [5, 5.41) is 16.2. The van der Waals surface area contributed by atoms with Gasteiger partial charge in [0.15, 0.2) is 0 Å². The van der Waals surface area contributed by atoms with Gasteiger partial charge in [0.05, 0.1) is 12.6 Å². The average molecular weight is 317 g/mol. The van der Waals surface area contributed by atoms with Crippen molar-refractivity contribution in [3.05, 3.63) is 41.2 Å². The van der Waals surface area contributed by atoms with Crippen molar-refractivity contribution in [2.75, 3.05) is 6.61 Å². The largest absolute Gasteiger partial charge is 0.493 e. The maximum Gasteiger partial charge on any atom is 0.253 e. The Bertz CT molecular complexity index is 642. The summed E-state index contributed by atoms with van der Waals surface area (Å²) in [6, 6.07) is 6.08. The Morgan fingerprint density at radius 1 is 1.39 bits per heavy atom. The molecule has 0 saturated heterocycles. The molecule has 0 radical (unpaired) electrons. The molecule has 2 aliphatic heterocycles. The van der Waals surface area contributed by atoms with Crippen LogP contribution in [0.2, 0.25) is 0 Å². The van der Waals surface area contributed by atoms with Crippen LogP contribution in [0.1, 0.15) is 37.9 Å². The van der Waals surface area contributed by atoms with Crippen molar-refractivity contribution in [2.24, 2.45) is 0 Å². The number of hydrogen-bond acceptors (Lipinski definition) is 5. The molecule has 2 heterocycles. The third-order valence-corrected chi connectivity index (χ3v) is 4.22. The summed E-state index contributed by atoms with van der Waals surface area (Å²) in [6.07, 6.45) is 1.41. The highest BCUT2D eigenvalue weighted by Crippen LogP contribution is 2.28. The van der Waals surface area contributed by atoms with Crippen molar-refractivity contribution in [1.29, 1.82) is 0 Å². The lowest BCUT2D eigenvalue weighted by atomic mass is 10.0. The second-order valence-electron chi connectivity index (χ2n) is 6.25. The third-order valence-electron chi connectivity index (χ3n) is 4.22. The maximum atomic E-state index is 12.1. The van der Waals surface area contributed by atoms with E-state index in [1.807, 2.05) is 26.8 Å². The normalized spacial score (nSPS) is 21.4. The molecule has 23 heavy (non-hydrogen) atoms. The van der Waals surface area contributed by atoms with Crippen molar-refractivity contribution in [2.45, 2.75) is 45.6 Å². The van der Waals surface area contributed by atoms with E-state index < -0.39 is 6.35 Å². The van der Waals surface area contributed by atoms with Crippen LogP contribution in [0.15, 0.2) is 30.1 Å². The summed E-state index contributed by atoms with van der Waals surface area (Å²) >= 11 is 0. The molecule has 0 spiro atoms. The molecule has 2 atom stereocenters. The van der Waals surface area contributed by atoms with Crippen LogP contribution in [0.25, 0.3) is 0 Å². The molecule has 3 rings (SSSR count).